The second-order valence-corrected chi connectivity index (χ2v) is 7.02. The highest BCUT2D eigenvalue weighted by Gasteiger charge is 2.24. The summed E-state index contributed by atoms with van der Waals surface area (Å²) >= 11 is 13.1. The zero-order valence-corrected chi connectivity index (χ0v) is 14.8. The predicted octanol–water partition coefficient (Wildman–Crippen LogP) is 4.90. The summed E-state index contributed by atoms with van der Waals surface area (Å²) in [5, 5.41) is 14.2. The van der Waals surface area contributed by atoms with Gasteiger partial charge in [0.05, 0.1) is 10.6 Å². The van der Waals surface area contributed by atoms with Crippen molar-refractivity contribution >= 4 is 57.8 Å². The summed E-state index contributed by atoms with van der Waals surface area (Å²) in [5.74, 6) is -0.219. The Morgan fingerprint density at radius 3 is 2.62 bits per heavy atom. The first-order valence-electron chi connectivity index (χ1n) is 6.96. The zero-order valence-electron chi connectivity index (χ0n) is 12.5. The fourth-order valence-electron chi connectivity index (χ4n) is 2.12. The molecule has 2 N–H and O–H groups in total. The molecule has 2 aromatic carbocycles. The quantitative estimate of drug-likeness (QED) is 0.730. The van der Waals surface area contributed by atoms with Gasteiger partial charge in [0.25, 0.3) is 5.91 Å². The minimum absolute atomic E-state index is 0.0548. The van der Waals surface area contributed by atoms with Crippen molar-refractivity contribution in [2.24, 2.45) is 4.99 Å². The van der Waals surface area contributed by atoms with Gasteiger partial charge in [-0.1, -0.05) is 23.2 Å². The number of amidine groups is 1. The molecule has 1 aliphatic rings. The molecule has 0 bridgehead atoms. The summed E-state index contributed by atoms with van der Waals surface area (Å²) in [6.07, 6.45) is 1.58. The van der Waals surface area contributed by atoms with Crippen LogP contribution in [0.4, 0.5) is 5.69 Å². The van der Waals surface area contributed by atoms with Gasteiger partial charge in [0.15, 0.2) is 5.17 Å². The van der Waals surface area contributed by atoms with E-state index in [-0.39, 0.29) is 11.7 Å². The molecule has 0 radical (unpaired) electrons. The highest BCUT2D eigenvalue weighted by Crippen LogP contribution is 2.32. The summed E-state index contributed by atoms with van der Waals surface area (Å²) in [6, 6.07) is 10.0. The van der Waals surface area contributed by atoms with Crippen LogP contribution in [0.1, 0.15) is 11.1 Å². The van der Waals surface area contributed by atoms with Crippen LogP contribution in [0.3, 0.4) is 0 Å². The van der Waals surface area contributed by atoms with Gasteiger partial charge in [-0.2, -0.15) is 0 Å². The Hall–Kier alpha value is -1.95. The van der Waals surface area contributed by atoms with Gasteiger partial charge in [-0.25, -0.2) is 4.99 Å². The van der Waals surface area contributed by atoms with Crippen LogP contribution in [-0.2, 0) is 4.79 Å². The Morgan fingerprint density at radius 1 is 1.17 bits per heavy atom. The lowest BCUT2D eigenvalue weighted by molar-refractivity contribution is -0.115. The van der Waals surface area contributed by atoms with E-state index in [1.54, 1.807) is 30.3 Å². The lowest BCUT2D eigenvalue weighted by Gasteiger charge is -2.01. The van der Waals surface area contributed by atoms with Crippen molar-refractivity contribution in [3.8, 4) is 5.75 Å². The number of aryl methyl sites for hydroxylation is 1. The lowest BCUT2D eigenvalue weighted by atomic mass is 10.2. The Balaban J connectivity index is 1.89. The minimum atomic E-state index is -0.273. The number of halogens is 2. The molecule has 1 aliphatic heterocycles. The molecular weight excluding hydrogens is 367 g/mol. The topological polar surface area (TPSA) is 61.7 Å². The Morgan fingerprint density at radius 2 is 1.88 bits per heavy atom. The Labute approximate surface area is 153 Å². The molecule has 122 valence electrons. The maximum atomic E-state index is 12.1. The van der Waals surface area contributed by atoms with Crippen LogP contribution in [0.2, 0.25) is 10.0 Å². The van der Waals surface area contributed by atoms with E-state index >= 15 is 0 Å². The van der Waals surface area contributed by atoms with Crippen molar-refractivity contribution < 1.29 is 9.90 Å². The third kappa shape index (κ3) is 3.75. The smallest absolute Gasteiger partial charge is 0.264 e. The van der Waals surface area contributed by atoms with Crippen LogP contribution >= 0.6 is 35.0 Å². The average Bonchev–Trinajstić information content (AvgIpc) is 2.86. The summed E-state index contributed by atoms with van der Waals surface area (Å²) in [7, 11) is 0. The number of benzene rings is 2. The number of aliphatic imine (C=N–C) groups is 1. The number of phenolic OH excluding ortho intramolecular Hbond substituents is 1. The molecule has 0 aromatic heterocycles. The van der Waals surface area contributed by atoms with Crippen LogP contribution in [0.15, 0.2) is 46.3 Å². The molecule has 4 nitrogen and oxygen atoms in total. The van der Waals surface area contributed by atoms with E-state index in [0.717, 1.165) is 11.3 Å². The van der Waals surface area contributed by atoms with Crippen LogP contribution in [0, 0.1) is 6.92 Å². The molecule has 7 heteroatoms. The largest absolute Gasteiger partial charge is 0.507 e. The number of hydrogen-bond donors (Lipinski definition) is 2. The predicted molar refractivity (Wildman–Crippen MR) is 100 cm³/mol. The van der Waals surface area contributed by atoms with Crippen molar-refractivity contribution in [2.75, 3.05) is 0 Å². The van der Waals surface area contributed by atoms with E-state index in [1.165, 1.54) is 17.8 Å². The normalized spacial score (nSPS) is 17.5. The van der Waals surface area contributed by atoms with Crippen LogP contribution in [0.5, 0.6) is 5.75 Å². The van der Waals surface area contributed by atoms with Gasteiger partial charge in [-0.05, 0) is 66.7 Å². The number of nitrogens with one attached hydrogen (secondary N) is 1. The number of thioether (sulfide) groups is 1. The molecule has 1 amide bonds. The number of phenols is 1. The van der Waals surface area contributed by atoms with E-state index in [9.17, 15) is 9.90 Å². The van der Waals surface area contributed by atoms with Gasteiger partial charge in [-0.3, -0.25) is 4.79 Å². The molecule has 0 spiro atoms. The molecule has 1 heterocycles. The first-order chi connectivity index (χ1) is 11.4. The number of amides is 1. The average molecular weight is 379 g/mol. The maximum Gasteiger partial charge on any atom is 0.264 e. The minimum Gasteiger partial charge on any atom is -0.507 e. The van der Waals surface area contributed by atoms with E-state index in [0.29, 0.717) is 25.7 Å². The first-order valence-corrected chi connectivity index (χ1v) is 8.54. The summed E-state index contributed by atoms with van der Waals surface area (Å²) in [6.45, 7) is 1.90. The number of carbonyl (C=O) groups is 1. The number of aromatic hydroxyl groups is 1. The molecular formula is C17H12Cl2N2O2S. The second kappa shape index (κ2) is 6.89. The van der Waals surface area contributed by atoms with Crippen molar-refractivity contribution in [3.05, 3.63) is 62.5 Å². The molecule has 1 saturated heterocycles. The SMILES string of the molecule is Cc1cc(Cl)ccc1N=C1NC(=O)/C(=C/c2cc(Cl)ccc2O)S1. The van der Waals surface area contributed by atoms with Crippen molar-refractivity contribution in [2.45, 2.75) is 6.92 Å². The zero-order chi connectivity index (χ0) is 17.3. The fourth-order valence-corrected chi connectivity index (χ4v) is 3.35. The maximum absolute atomic E-state index is 12.1. The highest BCUT2D eigenvalue weighted by atomic mass is 35.5. The summed E-state index contributed by atoms with van der Waals surface area (Å²) in [4.78, 5) is 17.0. The third-order valence-corrected chi connectivity index (χ3v) is 4.69. The second-order valence-electron chi connectivity index (χ2n) is 5.12. The Bertz CT molecular complexity index is 894. The number of rotatable bonds is 2. The van der Waals surface area contributed by atoms with E-state index in [4.69, 9.17) is 23.2 Å². The molecule has 3 rings (SSSR count). The third-order valence-electron chi connectivity index (χ3n) is 3.31. The highest BCUT2D eigenvalue weighted by molar-refractivity contribution is 8.18. The van der Waals surface area contributed by atoms with Crippen molar-refractivity contribution in [3.63, 3.8) is 0 Å². The molecule has 0 aliphatic carbocycles. The van der Waals surface area contributed by atoms with Crippen LogP contribution in [0.25, 0.3) is 6.08 Å². The summed E-state index contributed by atoms with van der Waals surface area (Å²) < 4.78 is 0. The molecule has 2 aromatic rings. The van der Waals surface area contributed by atoms with Gasteiger partial charge in [0.2, 0.25) is 0 Å². The Kier molecular flexibility index (Phi) is 4.85. The molecule has 24 heavy (non-hydrogen) atoms. The van der Waals surface area contributed by atoms with E-state index in [2.05, 4.69) is 10.3 Å². The van der Waals surface area contributed by atoms with E-state index < -0.39 is 0 Å². The van der Waals surface area contributed by atoms with Gasteiger partial charge < -0.3 is 10.4 Å². The van der Waals surface area contributed by atoms with Crippen LogP contribution < -0.4 is 5.32 Å². The van der Waals surface area contributed by atoms with Crippen molar-refractivity contribution in [1.29, 1.82) is 0 Å². The van der Waals surface area contributed by atoms with Gasteiger partial charge >= 0.3 is 0 Å². The number of nitrogens with zero attached hydrogens (tertiary/aromatic N) is 1. The molecule has 1 fully saturated rings. The number of hydrogen-bond acceptors (Lipinski definition) is 4. The lowest BCUT2D eigenvalue weighted by Crippen LogP contribution is -2.19. The molecule has 0 saturated carbocycles. The number of carbonyl (C=O) groups excluding carboxylic acids is 1. The summed E-state index contributed by atoms with van der Waals surface area (Å²) in [5.41, 5.74) is 2.12. The standard InChI is InChI=1S/C17H12Cl2N2O2S/c1-9-6-11(18)2-4-13(9)20-17-21-16(23)15(24-17)8-10-7-12(19)3-5-14(10)22/h2-8,22H,1H3,(H,20,21,23)/b15-8-. The fraction of sp³-hybridized carbons (Fsp3) is 0.0588. The van der Waals surface area contributed by atoms with Crippen molar-refractivity contribution in [1.82, 2.24) is 5.32 Å². The van der Waals surface area contributed by atoms with Gasteiger partial charge in [0.1, 0.15) is 5.75 Å². The van der Waals surface area contributed by atoms with Gasteiger partial charge in [0, 0.05) is 15.6 Å². The first kappa shape index (κ1) is 16.9. The monoisotopic (exact) mass is 378 g/mol. The van der Waals surface area contributed by atoms with E-state index in [1.807, 2.05) is 13.0 Å². The molecule has 0 atom stereocenters. The molecule has 0 unspecified atom stereocenters. The van der Waals surface area contributed by atoms with Crippen LogP contribution in [-0.4, -0.2) is 16.2 Å². The van der Waals surface area contributed by atoms with Gasteiger partial charge in [-0.15, -0.1) is 0 Å².